The molecule has 0 saturated carbocycles. The highest BCUT2D eigenvalue weighted by Crippen LogP contribution is 2.31. The Morgan fingerprint density at radius 3 is 2.56 bits per heavy atom. The van der Waals surface area contributed by atoms with Crippen molar-refractivity contribution in [1.82, 2.24) is 0 Å². The summed E-state index contributed by atoms with van der Waals surface area (Å²) in [5, 5.41) is 0.992. The van der Waals surface area contributed by atoms with E-state index in [1.54, 1.807) is 6.07 Å². The predicted molar refractivity (Wildman–Crippen MR) is 60.3 cm³/mol. The molecule has 6 heteroatoms. The molecular formula is C10H9BrClF3O. The monoisotopic (exact) mass is 316 g/mol. The Balaban J connectivity index is 2.93. The second-order valence-electron chi connectivity index (χ2n) is 3.06. The van der Waals surface area contributed by atoms with Gasteiger partial charge in [-0.2, -0.15) is 0 Å². The summed E-state index contributed by atoms with van der Waals surface area (Å²) < 4.78 is 40.2. The van der Waals surface area contributed by atoms with Crippen LogP contribution in [-0.2, 0) is 6.42 Å². The second kappa shape index (κ2) is 5.77. The molecule has 0 aliphatic heterocycles. The summed E-state index contributed by atoms with van der Waals surface area (Å²) in [6.45, 7) is 0. The Hall–Kier alpha value is -0.420. The standard InChI is InChI=1S/C10H9BrClF3O/c11-6-2-3-7-8(12)4-1-5-9(7)16-10(13,14)15/h1,4-5H,2-3,6H2. The van der Waals surface area contributed by atoms with Crippen molar-refractivity contribution in [2.75, 3.05) is 5.33 Å². The zero-order valence-corrected chi connectivity index (χ0v) is 10.5. The molecule has 0 saturated heterocycles. The number of hydrogen-bond acceptors (Lipinski definition) is 1. The summed E-state index contributed by atoms with van der Waals surface area (Å²) >= 11 is 9.04. The fourth-order valence-electron chi connectivity index (χ4n) is 1.25. The SMILES string of the molecule is FC(F)(F)Oc1cccc(Cl)c1CCCBr. The van der Waals surface area contributed by atoms with Gasteiger partial charge >= 0.3 is 6.36 Å². The van der Waals surface area contributed by atoms with Crippen LogP contribution in [-0.4, -0.2) is 11.7 Å². The van der Waals surface area contributed by atoms with Gasteiger partial charge in [0, 0.05) is 15.9 Å². The molecule has 0 aliphatic rings. The topological polar surface area (TPSA) is 9.23 Å². The molecule has 0 aliphatic carbocycles. The van der Waals surface area contributed by atoms with E-state index in [0.29, 0.717) is 28.8 Å². The fraction of sp³-hybridized carbons (Fsp3) is 0.400. The summed E-state index contributed by atoms with van der Waals surface area (Å²) in [7, 11) is 0. The molecule has 0 spiro atoms. The van der Waals surface area contributed by atoms with E-state index in [1.807, 2.05) is 0 Å². The van der Waals surface area contributed by atoms with Crippen LogP contribution in [0, 0.1) is 0 Å². The minimum absolute atomic E-state index is 0.221. The van der Waals surface area contributed by atoms with Gasteiger partial charge in [-0.1, -0.05) is 33.6 Å². The minimum atomic E-state index is -4.69. The quantitative estimate of drug-likeness (QED) is 0.739. The number of rotatable bonds is 4. The van der Waals surface area contributed by atoms with E-state index in [9.17, 15) is 13.2 Å². The Morgan fingerprint density at radius 2 is 2.00 bits per heavy atom. The third-order valence-corrected chi connectivity index (χ3v) is 2.78. The van der Waals surface area contributed by atoms with Crippen molar-refractivity contribution in [2.45, 2.75) is 19.2 Å². The molecule has 0 heterocycles. The Labute approximate surface area is 105 Å². The van der Waals surface area contributed by atoms with E-state index >= 15 is 0 Å². The molecule has 1 aromatic carbocycles. The highest BCUT2D eigenvalue weighted by molar-refractivity contribution is 9.09. The van der Waals surface area contributed by atoms with Crippen LogP contribution in [0.1, 0.15) is 12.0 Å². The normalized spacial score (nSPS) is 11.6. The van der Waals surface area contributed by atoms with Crippen molar-refractivity contribution in [1.29, 1.82) is 0 Å². The Bertz CT molecular complexity index is 354. The second-order valence-corrected chi connectivity index (χ2v) is 4.26. The maximum atomic E-state index is 12.1. The first-order valence-corrected chi connectivity index (χ1v) is 6.03. The van der Waals surface area contributed by atoms with Crippen LogP contribution in [0.5, 0.6) is 5.75 Å². The molecule has 0 bridgehead atoms. The van der Waals surface area contributed by atoms with Gasteiger partial charge < -0.3 is 4.74 Å². The van der Waals surface area contributed by atoms with Crippen LogP contribution in [0.25, 0.3) is 0 Å². The average molecular weight is 318 g/mol. The fourth-order valence-corrected chi connectivity index (χ4v) is 1.79. The lowest BCUT2D eigenvalue weighted by molar-refractivity contribution is -0.274. The van der Waals surface area contributed by atoms with Crippen LogP contribution in [0.3, 0.4) is 0 Å². The van der Waals surface area contributed by atoms with Gasteiger partial charge in [0.1, 0.15) is 5.75 Å². The summed E-state index contributed by atoms with van der Waals surface area (Å²) in [4.78, 5) is 0. The Morgan fingerprint density at radius 1 is 1.31 bits per heavy atom. The molecule has 0 radical (unpaired) electrons. The maximum absolute atomic E-state index is 12.1. The first kappa shape index (κ1) is 13.6. The number of hydrogen-bond donors (Lipinski definition) is 0. The van der Waals surface area contributed by atoms with Crippen LogP contribution < -0.4 is 4.74 Å². The van der Waals surface area contributed by atoms with Gasteiger partial charge in [-0.3, -0.25) is 0 Å². The third-order valence-electron chi connectivity index (χ3n) is 1.86. The lowest BCUT2D eigenvalue weighted by Crippen LogP contribution is -2.18. The van der Waals surface area contributed by atoms with Gasteiger partial charge in [0.15, 0.2) is 0 Å². The van der Waals surface area contributed by atoms with E-state index < -0.39 is 6.36 Å². The Kier molecular flexibility index (Phi) is 4.92. The summed E-state index contributed by atoms with van der Waals surface area (Å²) in [5.74, 6) is -0.221. The summed E-state index contributed by atoms with van der Waals surface area (Å²) in [5.41, 5.74) is 0.390. The van der Waals surface area contributed by atoms with E-state index in [-0.39, 0.29) is 5.75 Å². The van der Waals surface area contributed by atoms with Gasteiger partial charge in [-0.15, -0.1) is 13.2 Å². The summed E-state index contributed by atoms with van der Waals surface area (Å²) in [6, 6.07) is 4.25. The number of benzene rings is 1. The van der Waals surface area contributed by atoms with Crippen molar-refractivity contribution in [3.63, 3.8) is 0 Å². The molecule has 0 atom stereocenters. The molecule has 1 aromatic rings. The van der Waals surface area contributed by atoms with E-state index in [4.69, 9.17) is 11.6 Å². The van der Waals surface area contributed by atoms with Crippen LogP contribution in [0.4, 0.5) is 13.2 Å². The van der Waals surface area contributed by atoms with E-state index in [2.05, 4.69) is 20.7 Å². The first-order valence-electron chi connectivity index (χ1n) is 4.53. The zero-order valence-electron chi connectivity index (χ0n) is 8.15. The lowest BCUT2D eigenvalue weighted by Gasteiger charge is -2.14. The van der Waals surface area contributed by atoms with Crippen molar-refractivity contribution < 1.29 is 17.9 Å². The molecule has 16 heavy (non-hydrogen) atoms. The minimum Gasteiger partial charge on any atom is -0.405 e. The molecule has 0 unspecified atom stereocenters. The van der Waals surface area contributed by atoms with E-state index in [1.165, 1.54) is 12.1 Å². The van der Waals surface area contributed by atoms with Crippen LogP contribution in [0.15, 0.2) is 18.2 Å². The molecular weight excluding hydrogens is 308 g/mol. The average Bonchev–Trinajstić information content (AvgIpc) is 2.14. The third kappa shape index (κ3) is 4.22. The van der Waals surface area contributed by atoms with Gasteiger partial charge in [0.05, 0.1) is 0 Å². The van der Waals surface area contributed by atoms with Gasteiger partial charge in [0.25, 0.3) is 0 Å². The molecule has 90 valence electrons. The molecule has 0 amide bonds. The van der Waals surface area contributed by atoms with Crippen LogP contribution in [0.2, 0.25) is 5.02 Å². The zero-order chi connectivity index (χ0) is 12.2. The first-order chi connectivity index (χ1) is 7.44. The smallest absolute Gasteiger partial charge is 0.405 e. The predicted octanol–water partition coefficient (Wildman–Crippen LogP) is 4.57. The highest BCUT2D eigenvalue weighted by Gasteiger charge is 2.32. The van der Waals surface area contributed by atoms with Crippen molar-refractivity contribution >= 4 is 27.5 Å². The van der Waals surface area contributed by atoms with Gasteiger partial charge in [-0.05, 0) is 25.0 Å². The molecule has 1 nitrogen and oxygen atoms in total. The van der Waals surface area contributed by atoms with Crippen molar-refractivity contribution in [3.8, 4) is 5.75 Å². The highest BCUT2D eigenvalue weighted by atomic mass is 79.9. The maximum Gasteiger partial charge on any atom is 0.573 e. The summed E-state index contributed by atoms with van der Waals surface area (Å²) in [6.07, 6.45) is -3.55. The van der Waals surface area contributed by atoms with Crippen LogP contribution >= 0.6 is 27.5 Å². The molecule has 0 aromatic heterocycles. The van der Waals surface area contributed by atoms with Crippen molar-refractivity contribution in [2.24, 2.45) is 0 Å². The number of alkyl halides is 4. The number of ether oxygens (including phenoxy) is 1. The molecule has 1 rings (SSSR count). The molecule has 0 N–H and O–H groups in total. The van der Waals surface area contributed by atoms with Gasteiger partial charge in [-0.25, -0.2) is 0 Å². The van der Waals surface area contributed by atoms with Gasteiger partial charge in [0.2, 0.25) is 0 Å². The van der Waals surface area contributed by atoms with Crippen molar-refractivity contribution in [3.05, 3.63) is 28.8 Å². The lowest BCUT2D eigenvalue weighted by atomic mass is 10.1. The van der Waals surface area contributed by atoms with E-state index in [0.717, 1.165) is 0 Å². The largest absolute Gasteiger partial charge is 0.573 e. The number of halogens is 5. The molecule has 0 fully saturated rings.